The van der Waals surface area contributed by atoms with Crippen molar-refractivity contribution in [1.29, 1.82) is 0 Å². The largest absolute Gasteiger partial charge is 0.490 e. The number of carbonyl (C=O) groups is 1. The number of carbonyl (C=O) groups excluding carboxylic acids is 1. The fourth-order valence-corrected chi connectivity index (χ4v) is 4.46. The Balaban J connectivity index is 1.51. The Bertz CT molecular complexity index is 742. The predicted molar refractivity (Wildman–Crippen MR) is 101 cm³/mol. The zero-order chi connectivity index (χ0) is 19.1. The van der Waals surface area contributed by atoms with Gasteiger partial charge in [-0.3, -0.25) is 4.79 Å². The topological polar surface area (TPSA) is 93.7 Å². The highest BCUT2D eigenvalue weighted by atomic mass is 32.2. The molecule has 1 amide bonds. The molecule has 1 fully saturated rings. The number of sulfonamides is 1. The summed E-state index contributed by atoms with van der Waals surface area (Å²) in [5.41, 5.74) is 0. The summed E-state index contributed by atoms with van der Waals surface area (Å²) in [6.07, 6.45) is 7.63. The molecular weight excluding hydrogens is 368 g/mol. The van der Waals surface area contributed by atoms with Gasteiger partial charge in [-0.25, -0.2) is 13.1 Å². The molecule has 2 N–H and O–H groups in total. The number of benzene rings is 1. The molecule has 1 aliphatic heterocycles. The molecule has 3 rings (SSSR count). The quantitative estimate of drug-likeness (QED) is 0.720. The van der Waals surface area contributed by atoms with Crippen LogP contribution in [-0.2, 0) is 14.8 Å². The Morgan fingerprint density at radius 1 is 1.00 bits per heavy atom. The van der Waals surface area contributed by atoms with E-state index < -0.39 is 10.0 Å². The van der Waals surface area contributed by atoms with Crippen molar-refractivity contribution >= 4 is 15.9 Å². The zero-order valence-electron chi connectivity index (χ0n) is 15.5. The summed E-state index contributed by atoms with van der Waals surface area (Å²) < 4.78 is 38.5. The first-order valence-corrected chi connectivity index (χ1v) is 11.2. The second-order valence-electron chi connectivity index (χ2n) is 7.06. The third-order valence-corrected chi connectivity index (χ3v) is 6.35. The standard InChI is InChI=1S/C19H28N2O5S/c22-19(21-15-6-3-1-2-4-7-15)10-11-20-27(23,24)16-8-9-17-18(14-16)26-13-5-12-25-17/h8-9,14-15,20H,1-7,10-13H2,(H,21,22). The normalized spacial score (nSPS) is 18.4. The van der Waals surface area contributed by atoms with E-state index in [1.165, 1.54) is 25.0 Å². The molecule has 0 saturated heterocycles. The summed E-state index contributed by atoms with van der Waals surface area (Å²) >= 11 is 0. The van der Waals surface area contributed by atoms with Gasteiger partial charge in [-0.1, -0.05) is 25.7 Å². The highest BCUT2D eigenvalue weighted by Crippen LogP contribution is 2.31. The molecular formula is C19H28N2O5S. The maximum atomic E-state index is 12.5. The van der Waals surface area contributed by atoms with Crippen molar-refractivity contribution < 1.29 is 22.7 Å². The zero-order valence-corrected chi connectivity index (χ0v) is 16.4. The van der Waals surface area contributed by atoms with Crippen LogP contribution in [0.25, 0.3) is 0 Å². The molecule has 0 radical (unpaired) electrons. The molecule has 0 atom stereocenters. The third kappa shape index (κ3) is 5.84. The van der Waals surface area contributed by atoms with Gasteiger partial charge >= 0.3 is 0 Å². The van der Waals surface area contributed by atoms with Crippen molar-refractivity contribution in [2.75, 3.05) is 19.8 Å². The fraction of sp³-hybridized carbons (Fsp3) is 0.632. The monoisotopic (exact) mass is 396 g/mol. The lowest BCUT2D eigenvalue weighted by molar-refractivity contribution is -0.121. The molecule has 0 bridgehead atoms. The van der Waals surface area contributed by atoms with Crippen LogP contribution in [0.1, 0.15) is 51.4 Å². The van der Waals surface area contributed by atoms with E-state index in [0.29, 0.717) is 24.7 Å². The number of hydrogen-bond acceptors (Lipinski definition) is 5. The molecule has 1 heterocycles. The summed E-state index contributed by atoms with van der Waals surface area (Å²) in [5.74, 6) is 0.874. The van der Waals surface area contributed by atoms with Crippen LogP contribution in [0.4, 0.5) is 0 Å². The van der Waals surface area contributed by atoms with E-state index in [2.05, 4.69) is 10.0 Å². The average molecular weight is 397 g/mol. The smallest absolute Gasteiger partial charge is 0.240 e. The number of rotatable bonds is 6. The van der Waals surface area contributed by atoms with Crippen molar-refractivity contribution in [3.8, 4) is 11.5 Å². The van der Waals surface area contributed by atoms with Crippen LogP contribution in [0.15, 0.2) is 23.1 Å². The molecule has 1 saturated carbocycles. The first-order chi connectivity index (χ1) is 13.0. The van der Waals surface area contributed by atoms with Crippen LogP contribution in [-0.4, -0.2) is 40.1 Å². The van der Waals surface area contributed by atoms with Crippen LogP contribution in [0.2, 0.25) is 0 Å². The first-order valence-electron chi connectivity index (χ1n) is 9.73. The molecule has 1 aromatic carbocycles. The van der Waals surface area contributed by atoms with Gasteiger partial charge in [0.25, 0.3) is 0 Å². The molecule has 150 valence electrons. The molecule has 7 nitrogen and oxygen atoms in total. The van der Waals surface area contributed by atoms with Crippen molar-refractivity contribution in [1.82, 2.24) is 10.0 Å². The maximum absolute atomic E-state index is 12.5. The molecule has 27 heavy (non-hydrogen) atoms. The minimum Gasteiger partial charge on any atom is -0.490 e. The van der Waals surface area contributed by atoms with E-state index in [0.717, 1.165) is 32.1 Å². The van der Waals surface area contributed by atoms with Gasteiger partial charge in [-0.05, 0) is 25.0 Å². The minimum absolute atomic E-state index is 0.0648. The van der Waals surface area contributed by atoms with Gasteiger partial charge in [0.2, 0.25) is 15.9 Å². The Kier molecular flexibility index (Phi) is 6.95. The molecule has 1 aromatic rings. The van der Waals surface area contributed by atoms with E-state index in [1.807, 2.05) is 0 Å². The van der Waals surface area contributed by atoms with Gasteiger partial charge in [0.05, 0.1) is 18.1 Å². The van der Waals surface area contributed by atoms with Crippen LogP contribution in [0, 0.1) is 0 Å². The predicted octanol–water partition coefficient (Wildman–Crippen LogP) is 2.36. The minimum atomic E-state index is -3.71. The van der Waals surface area contributed by atoms with Gasteiger partial charge < -0.3 is 14.8 Å². The summed E-state index contributed by atoms with van der Waals surface area (Å²) in [4.78, 5) is 12.2. The van der Waals surface area contributed by atoms with Crippen LogP contribution in [0.3, 0.4) is 0 Å². The van der Waals surface area contributed by atoms with Crippen molar-refractivity contribution in [2.45, 2.75) is 62.3 Å². The lowest BCUT2D eigenvalue weighted by Gasteiger charge is -2.16. The van der Waals surface area contributed by atoms with E-state index >= 15 is 0 Å². The molecule has 0 spiro atoms. The Hall–Kier alpha value is -1.80. The van der Waals surface area contributed by atoms with Gasteiger partial charge in [0.1, 0.15) is 0 Å². The highest BCUT2D eigenvalue weighted by Gasteiger charge is 2.19. The van der Waals surface area contributed by atoms with Crippen LogP contribution < -0.4 is 19.5 Å². The molecule has 1 aliphatic carbocycles. The molecule has 0 unspecified atom stereocenters. The van der Waals surface area contributed by atoms with E-state index in [4.69, 9.17) is 9.47 Å². The number of hydrogen-bond donors (Lipinski definition) is 2. The first kappa shape index (κ1) is 19.9. The Morgan fingerprint density at radius 2 is 1.70 bits per heavy atom. The van der Waals surface area contributed by atoms with Crippen LogP contribution >= 0.6 is 0 Å². The van der Waals surface area contributed by atoms with Crippen molar-refractivity contribution in [3.63, 3.8) is 0 Å². The summed E-state index contributed by atoms with van der Waals surface area (Å²) in [7, 11) is -3.71. The van der Waals surface area contributed by atoms with Gasteiger partial charge in [0.15, 0.2) is 11.5 Å². The second-order valence-corrected chi connectivity index (χ2v) is 8.83. The number of ether oxygens (including phenoxy) is 2. The fourth-order valence-electron chi connectivity index (χ4n) is 3.42. The van der Waals surface area contributed by atoms with E-state index in [1.54, 1.807) is 6.07 Å². The summed E-state index contributed by atoms with van der Waals surface area (Å²) in [6, 6.07) is 4.78. The summed E-state index contributed by atoms with van der Waals surface area (Å²) in [6.45, 7) is 1.11. The number of nitrogens with one attached hydrogen (secondary N) is 2. The van der Waals surface area contributed by atoms with Gasteiger partial charge in [0, 0.05) is 31.5 Å². The van der Waals surface area contributed by atoms with E-state index in [-0.39, 0.29) is 29.8 Å². The SMILES string of the molecule is O=C(CCNS(=O)(=O)c1ccc2c(c1)OCCCO2)NC1CCCCCC1. The maximum Gasteiger partial charge on any atom is 0.240 e. The Morgan fingerprint density at radius 3 is 2.44 bits per heavy atom. The lowest BCUT2D eigenvalue weighted by Crippen LogP contribution is -2.36. The van der Waals surface area contributed by atoms with Crippen molar-refractivity contribution in [3.05, 3.63) is 18.2 Å². The molecule has 8 heteroatoms. The van der Waals surface area contributed by atoms with Gasteiger partial charge in [-0.2, -0.15) is 0 Å². The third-order valence-electron chi connectivity index (χ3n) is 4.89. The second kappa shape index (κ2) is 9.41. The summed E-state index contributed by atoms with van der Waals surface area (Å²) in [5, 5.41) is 3.02. The average Bonchev–Trinajstić information content (AvgIpc) is 3.03. The highest BCUT2D eigenvalue weighted by molar-refractivity contribution is 7.89. The lowest BCUT2D eigenvalue weighted by atomic mass is 10.1. The number of amides is 1. The molecule has 0 aromatic heterocycles. The van der Waals surface area contributed by atoms with E-state index in [9.17, 15) is 13.2 Å². The van der Waals surface area contributed by atoms with Crippen molar-refractivity contribution in [2.24, 2.45) is 0 Å². The van der Waals surface area contributed by atoms with Gasteiger partial charge in [-0.15, -0.1) is 0 Å². The molecule has 2 aliphatic rings. The van der Waals surface area contributed by atoms with Crippen LogP contribution in [0.5, 0.6) is 11.5 Å². The Labute approximate surface area is 160 Å². The number of fused-ring (bicyclic) bond motifs is 1.